The number of nitrogens with zero attached hydrogens (tertiary/aromatic N) is 4. The average molecular weight is 360 g/mol. The van der Waals surface area contributed by atoms with Crippen LogP contribution in [-0.2, 0) is 19.4 Å². The van der Waals surface area contributed by atoms with Gasteiger partial charge < -0.3 is 9.73 Å². The van der Waals surface area contributed by atoms with E-state index in [9.17, 15) is 0 Å². The molecule has 0 unspecified atom stereocenters. The molecule has 2 N–H and O–H groups in total. The highest BCUT2D eigenvalue weighted by Gasteiger charge is 2.16. The number of H-pyrrole nitrogens is 1. The zero-order chi connectivity index (χ0) is 18.1. The second-order valence-electron chi connectivity index (χ2n) is 6.86. The zero-order valence-electron chi connectivity index (χ0n) is 14.9. The third-order valence-electron chi connectivity index (χ3n) is 5.04. The van der Waals surface area contributed by atoms with E-state index in [4.69, 9.17) is 4.42 Å². The van der Waals surface area contributed by atoms with E-state index in [1.54, 1.807) is 6.20 Å². The van der Waals surface area contributed by atoms with Gasteiger partial charge in [0.2, 0.25) is 5.95 Å². The molecular formula is C20H20N6O. The van der Waals surface area contributed by atoms with Gasteiger partial charge in [-0.1, -0.05) is 24.6 Å². The van der Waals surface area contributed by atoms with E-state index in [1.807, 2.05) is 30.3 Å². The maximum atomic E-state index is 5.87. The van der Waals surface area contributed by atoms with Crippen molar-refractivity contribution in [1.29, 1.82) is 0 Å². The second kappa shape index (κ2) is 6.83. The third-order valence-corrected chi connectivity index (χ3v) is 5.04. The van der Waals surface area contributed by atoms with Crippen LogP contribution in [0.25, 0.3) is 22.4 Å². The summed E-state index contributed by atoms with van der Waals surface area (Å²) in [6.45, 7) is 0.580. The molecule has 27 heavy (non-hydrogen) atoms. The van der Waals surface area contributed by atoms with Gasteiger partial charge in [-0.15, -0.1) is 5.10 Å². The van der Waals surface area contributed by atoms with Gasteiger partial charge in [0.1, 0.15) is 11.3 Å². The minimum absolute atomic E-state index is 0.471. The fraction of sp³-hybridized carbons (Fsp3) is 0.300. The number of aryl methyl sites for hydroxylation is 1. The molecule has 7 nitrogen and oxygen atoms in total. The molecule has 136 valence electrons. The van der Waals surface area contributed by atoms with Crippen molar-refractivity contribution in [3.63, 3.8) is 0 Å². The number of hydrogen-bond acceptors (Lipinski definition) is 6. The number of rotatable bonds is 4. The Labute approximate surface area is 156 Å². The van der Waals surface area contributed by atoms with Crippen molar-refractivity contribution in [2.24, 2.45) is 0 Å². The Morgan fingerprint density at radius 2 is 2.04 bits per heavy atom. The summed E-state index contributed by atoms with van der Waals surface area (Å²) in [4.78, 5) is 4.55. The van der Waals surface area contributed by atoms with Gasteiger partial charge in [-0.3, -0.25) is 5.10 Å². The first kappa shape index (κ1) is 16.0. The standard InChI is InChI=1S/C20H20N6O/c1-2-7-14-15(8-3-1)24-25-16(14)11-21-20-23-17(12-22-26-20)19-10-13-6-4-5-9-18(13)27-19/h4-6,9-10,12H,1-3,7-8,11H2,(H,24,25)(H,21,23,26). The molecule has 0 amide bonds. The van der Waals surface area contributed by atoms with Crippen molar-refractivity contribution < 1.29 is 4.42 Å². The van der Waals surface area contributed by atoms with Crippen LogP contribution in [0.1, 0.15) is 36.2 Å². The molecule has 0 saturated carbocycles. The minimum Gasteiger partial charge on any atom is -0.454 e. The molecule has 0 bridgehead atoms. The fourth-order valence-corrected chi connectivity index (χ4v) is 3.64. The number of furan rings is 1. The third kappa shape index (κ3) is 3.16. The number of benzene rings is 1. The van der Waals surface area contributed by atoms with E-state index in [0.717, 1.165) is 29.5 Å². The van der Waals surface area contributed by atoms with E-state index >= 15 is 0 Å². The Kier molecular flexibility index (Phi) is 4.04. The molecule has 0 atom stereocenters. The first-order chi connectivity index (χ1) is 13.4. The number of para-hydroxylation sites is 1. The van der Waals surface area contributed by atoms with E-state index in [0.29, 0.717) is 23.9 Å². The molecule has 3 aromatic heterocycles. The predicted octanol–water partition coefficient (Wildman–Crippen LogP) is 3.89. The molecular weight excluding hydrogens is 340 g/mol. The smallest absolute Gasteiger partial charge is 0.243 e. The lowest BCUT2D eigenvalue weighted by atomic mass is 10.1. The lowest BCUT2D eigenvalue weighted by molar-refractivity contribution is 0.627. The summed E-state index contributed by atoms with van der Waals surface area (Å²) < 4.78 is 5.87. The maximum Gasteiger partial charge on any atom is 0.243 e. The molecule has 5 rings (SSSR count). The maximum absolute atomic E-state index is 5.87. The van der Waals surface area contributed by atoms with Crippen LogP contribution in [0.2, 0.25) is 0 Å². The second-order valence-corrected chi connectivity index (χ2v) is 6.86. The number of aromatic nitrogens is 5. The van der Waals surface area contributed by atoms with E-state index in [2.05, 4.69) is 30.7 Å². The summed E-state index contributed by atoms with van der Waals surface area (Å²) in [6.07, 6.45) is 7.52. The number of anilines is 1. The van der Waals surface area contributed by atoms with Crippen LogP contribution in [-0.4, -0.2) is 25.4 Å². The van der Waals surface area contributed by atoms with Crippen LogP contribution in [0.15, 0.2) is 40.9 Å². The van der Waals surface area contributed by atoms with Gasteiger partial charge >= 0.3 is 0 Å². The SMILES string of the molecule is c1ccc2oc(-c3cnnc(NCc4n[nH]c5c4CCCCC5)n3)cc2c1. The van der Waals surface area contributed by atoms with Crippen molar-refractivity contribution in [3.05, 3.63) is 53.5 Å². The molecule has 0 aliphatic heterocycles. The Hall–Kier alpha value is -3.22. The van der Waals surface area contributed by atoms with E-state index < -0.39 is 0 Å². The van der Waals surface area contributed by atoms with Crippen molar-refractivity contribution in [1.82, 2.24) is 25.4 Å². The highest BCUT2D eigenvalue weighted by Crippen LogP contribution is 2.26. The Morgan fingerprint density at radius 3 is 3.00 bits per heavy atom. The first-order valence-corrected chi connectivity index (χ1v) is 9.34. The first-order valence-electron chi connectivity index (χ1n) is 9.34. The summed E-state index contributed by atoms with van der Waals surface area (Å²) in [6, 6.07) is 9.86. The summed E-state index contributed by atoms with van der Waals surface area (Å²) >= 11 is 0. The number of fused-ring (bicyclic) bond motifs is 2. The van der Waals surface area contributed by atoms with Crippen LogP contribution in [0.3, 0.4) is 0 Å². The molecule has 0 saturated heterocycles. The van der Waals surface area contributed by atoms with E-state index in [-0.39, 0.29) is 0 Å². The molecule has 1 aliphatic carbocycles. The molecule has 0 spiro atoms. The van der Waals surface area contributed by atoms with Crippen molar-refractivity contribution >= 4 is 16.9 Å². The quantitative estimate of drug-likeness (QED) is 0.536. The topological polar surface area (TPSA) is 92.5 Å². The molecule has 7 heteroatoms. The van der Waals surface area contributed by atoms with Crippen molar-refractivity contribution in [2.45, 2.75) is 38.6 Å². The van der Waals surface area contributed by atoms with Crippen LogP contribution in [0.4, 0.5) is 5.95 Å². The molecule has 3 heterocycles. The van der Waals surface area contributed by atoms with Crippen LogP contribution >= 0.6 is 0 Å². The lowest BCUT2D eigenvalue weighted by Gasteiger charge is -2.05. The highest BCUT2D eigenvalue weighted by molar-refractivity contribution is 5.82. The largest absolute Gasteiger partial charge is 0.454 e. The fourth-order valence-electron chi connectivity index (χ4n) is 3.64. The molecule has 0 radical (unpaired) electrons. The van der Waals surface area contributed by atoms with Gasteiger partial charge in [0, 0.05) is 11.1 Å². The van der Waals surface area contributed by atoms with Gasteiger partial charge in [-0.05, 0) is 43.4 Å². The zero-order valence-corrected chi connectivity index (χ0v) is 14.9. The summed E-state index contributed by atoms with van der Waals surface area (Å²) in [7, 11) is 0. The van der Waals surface area contributed by atoms with Crippen molar-refractivity contribution in [2.75, 3.05) is 5.32 Å². The van der Waals surface area contributed by atoms with E-state index in [1.165, 1.54) is 30.5 Å². The highest BCUT2D eigenvalue weighted by atomic mass is 16.3. The van der Waals surface area contributed by atoms with Crippen LogP contribution < -0.4 is 5.32 Å². The molecule has 1 aliphatic rings. The average Bonchev–Trinajstić information content (AvgIpc) is 3.23. The van der Waals surface area contributed by atoms with Gasteiger partial charge in [0.15, 0.2) is 5.76 Å². The summed E-state index contributed by atoms with van der Waals surface area (Å²) in [5.41, 5.74) is 5.16. The molecule has 1 aromatic carbocycles. The van der Waals surface area contributed by atoms with Gasteiger partial charge in [-0.25, -0.2) is 4.98 Å². The Bertz CT molecular complexity index is 1050. The van der Waals surface area contributed by atoms with Gasteiger partial charge in [0.25, 0.3) is 0 Å². The molecule has 4 aromatic rings. The minimum atomic E-state index is 0.471. The normalized spacial score (nSPS) is 14.1. The number of aromatic amines is 1. The van der Waals surface area contributed by atoms with Crippen LogP contribution in [0.5, 0.6) is 0 Å². The number of hydrogen-bond donors (Lipinski definition) is 2. The van der Waals surface area contributed by atoms with Gasteiger partial charge in [0.05, 0.1) is 18.4 Å². The Morgan fingerprint density at radius 1 is 1.11 bits per heavy atom. The molecule has 0 fully saturated rings. The predicted molar refractivity (Wildman–Crippen MR) is 102 cm³/mol. The Balaban J connectivity index is 1.36. The van der Waals surface area contributed by atoms with Crippen molar-refractivity contribution in [3.8, 4) is 11.5 Å². The van der Waals surface area contributed by atoms with Crippen LogP contribution in [0, 0.1) is 0 Å². The monoisotopic (exact) mass is 360 g/mol. The summed E-state index contributed by atoms with van der Waals surface area (Å²) in [5, 5.41) is 20.1. The van der Waals surface area contributed by atoms with Gasteiger partial charge in [-0.2, -0.15) is 10.2 Å². The lowest BCUT2D eigenvalue weighted by Crippen LogP contribution is -2.07. The summed E-state index contributed by atoms with van der Waals surface area (Å²) in [5.74, 6) is 1.15. The number of nitrogens with one attached hydrogen (secondary N) is 2.